The number of aromatic nitrogens is 1. The summed E-state index contributed by atoms with van der Waals surface area (Å²) in [6.45, 7) is 0. The summed E-state index contributed by atoms with van der Waals surface area (Å²) >= 11 is 0. The predicted octanol–water partition coefficient (Wildman–Crippen LogP) is 16.8. The summed E-state index contributed by atoms with van der Waals surface area (Å²) in [5.74, 6) is 0. The second-order valence-corrected chi connectivity index (χ2v) is 16.1. The van der Waals surface area contributed by atoms with Crippen LogP contribution in [0.5, 0.6) is 0 Å². The molecule has 3 heteroatoms. The summed E-state index contributed by atoms with van der Waals surface area (Å²) in [5, 5.41) is 4.76. The quantitative estimate of drug-likeness (QED) is 0.153. The second-order valence-electron chi connectivity index (χ2n) is 16.1. The summed E-state index contributed by atoms with van der Waals surface area (Å²) in [6, 6.07) is 87.1. The molecule has 12 rings (SSSR count). The lowest BCUT2D eigenvalue weighted by molar-refractivity contribution is 0.670. The summed E-state index contributed by atoms with van der Waals surface area (Å²) < 4.78 is 8.88. The van der Waals surface area contributed by atoms with E-state index in [1.807, 2.05) is 12.1 Å². The third kappa shape index (κ3) is 6.29. The van der Waals surface area contributed by atoms with E-state index < -0.39 is 0 Å². The van der Waals surface area contributed by atoms with Crippen LogP contribution in [0.3, 0.4) is 0 Å². The standard InChI is InChI=1S/C60H40N2O/c1-2-16-41(17-3-1)42-32-36-45(37-33-42)61(46-38-34-43(35-39-46)49-26-15-27-55-54-25-9-13-31-59(54)63-60(49)55)47-19-14-18-44(40-47)48-20-4-5-21-50(48)51-22-6-10-28-56(51)62-57-29-11-7-23-52(57)53-24-8-12-30-58(53)62/h1-40H. The number of benzene rings is 10. The number of furan rings is 1. The summed E-state index contributed by atoms with van der Waals surface area (Å²) in [4.78, 5) is 2.36. The Morgan fingerprint density at radius 3 is 1.54 bits per heavy atom. The van der Waals surface area contributed by atoms with Gasteiger partial charge in [0.05, 0.1) is 16.7 Å². The van der Waals surface area contributed by atoms with Gasteiger partial charge in [-0.3, -0.25) is 0 Å². The zero-order valence-corrected chi connectivity index (χ0v) is 34.4. The maximum Gasteiger partial charge on any atom is 0.143 e. The van der Waals surface area contributed by atoms with E-state index in [4.69, 9.17) is 4.42 Å². The van der Waals surface area contributed by atoms with E-state index in [-0.39, 0.29) is 0 Å². The Hall–Kier alpha value is -8.40. The van der Waals surface area contributed by atoms with Gasteiger partial charge < -0.3 is 13.9 Å². The van der Waals surface area contributed by atoms with E-state index in [0.717, 1.165) is 61.4 Å². The first-order valence-electron chi connectivity index (χ1n) is 21.5. The van der Waals surface area contributed by atoms with Gasteiger partial charge in [0.15, 0.2) is 0 Å². The molecule has 10 aromatic carbocycles. The van der Waals surface area contributed by atoms with Crippen LogP contribution in [0.2, 0.25) is 0 Å². The van der Waals surface area contributed by atoms with Crippen LogP contribution in [0, 0.1) is 0 Å². The SMILES string of the molecule is c1ccc(-c2ccc(N(c3ccc(-c4cccc5c4oc4ccccc45)cc3)c3cccc(-c4ccccc4-c4ccccc4-n4c5ccccc5c5ccccc54)c3)cc2)cc1. The molecule has 3 nitrogen and oxygen atoms in total. The molecule has 2 heterocycles. The van der Waals surface area contributed by atoms with Crippen molar-refractivity contribution in [2.24, 2.45) is 0 Å². The van der Waals surface area contributed by atoms with Crippen molar-refractivity contribution in [2.75, 3.05) is 4.90 Å². The molecule has 0 saturated heterocycles. The minimum absolute atomic E-state index is 0.901. The van der Waals surface area contributed by atoms with Crippen LogP contribution in [0.1, 0.15) is 0 Å². The largest absolute Gasteiger partial charge is 0.455 e. The Balaban J connectivity index is 0.981. The predicted molar refractivity (Wildman–Crippen MR) is 264 cm³/mol. The maximum absolute atomic E-state index is 6.45. The topological polar surface area (TPSA) is 21.3 Å². The highest BCUT2D eigenvalue weighted by Gasteiger charge is 2.20. The number of anilines is 3. The molecule has 0 aliphatic rings. The van der Waals surface area contributed by atoms with Gasteiger partial charge in [-0.15, -0.1) is 0 Å². The van der Waals surface area contributed by atoms with Crippen LogP contribution in [-0.2, 0) is 0 Å². The van der Waals surface area contributed by atoms with E-state index in [1.165, 1.54) is 49.6 Å². The summed E-state index contributed by atoms with van der Waals surface area (Å²) in [5.41, 5.74) is 17.8. The Kier molecular flexibility index (Phi) is 8.83. The van der Waals surface area contributed by atoms with Crippen LogP contribution in [0.4, 0.5) is 17.1 Å². The third-order valence-electron chi connectivity index (χ3n) is 12.4. The first-order valence-corrected chi connectivity index (χ1v) is 21.5. The van der Waals surface area contributed by atoms with Crippen molar-refractivity contribution in [1.29, 1.82) is 0 Å². The molecule has 12 aromatic rings. The molecule has 0 saturated carbocycles. The number of fused-ring (bicyclic) bond motifs is 6. The number of rotatable bonds is 8. The van der Waals surface area contributed by atoms with Crippen molar-refractivity contribution in [3.63, 3.8) is 0 Å². The number of hydrogen-bond acceptors (Lipinski definition) is 2. The van der Waals surface area contributed by atoms with Gasteiger partial charge in [0.25, 0.3) is 0 Å². The van der Waals surface area contributed by atoms with Crippen LogP contribution < -0.4 is 4.90 Å². The molecule has 0 bridgehead atoms. The first kappa shape index (κ1) is 36.5. The van der Waals surface area contributed by atoms with Crippen molar-refractivity contribution in [3.8, 4) is 50.2 Å². The van der Waals surface area contributed by atoms with Crippen molar-refractivity contribution >= 4 is 60.8 Å². The smallest absolute Gasteiger partial charge is 0.143 e. The Bertz CT molecular complexity index is 3560. The van der Waals surface area contributed by atoms with E-state index >= 15 is 0 Å². The normalized spacial score (nSPS) is 11.5. The molecule has 0 spiro atoms. The maximum atomic E-state index is 6.45. The van der Waals surface area contributed by atoms with Crippen LogP contribution in [0.15, 0.2) is 247 Å². The van der Waals surface area contributed by atoms with Gasteiger partial charge >= 0.3 is 0 Å². The molecule has 0 aliphatic heterocycles. The van der Waals surface area contributed by atoms with E-state index in [1.54, 1.807) is 0 Å². The second kappa shape index (κ2) is 15.3. The molecule has 0 radical (unpaired) electrons. The molecular formula is C60H40N2O. The molecular weight excluding hydrogens is 765 g/mol. The molecule has 0 aliphatic carbocycles. The Labute approximate surface area is 366 Å². The first-order chi connectivity index (χ1) is 31.3. The fourth-order valence-corrected chi connectivity index (χ4v) is 9.51. The molecule has 0 fully saturated rings. The van der Waals surface area contributed by atoms with Gasteiger partial charge in [0.2, 0.25) is 0 Å². The van der Waals surface area contributed by atoms with Gasteiger partial charge in [0.1, 0.15) is 11.2 Å². The van der Waals surface area contributed by atoms with E-state index in [9.17, 15) is 0 Å². The molecule has 0 N–H and O–H groups in total. The van der Waals surface area contributed by atoms with E-state index in [2.05, 4.69) is 240 Å². The van der Waals surface area contributed by atoms with Gasteiger partial charge in [0, 0.05) is 49.7 Å². The fourth-order valence-electron chi connectivity index (χ4n) is 9.51. The van der Waals surface area contributed by atoms with Crippen LogP contribution >= 0.6 is 0 Å². The summed E-state index contributed by atoms with van der Waals surface area (Å²) in [7, 11) is 0. The third-order valence-corrected chi connectivity index (χ3v) is 12.4. The monoisotopic (exact) mass is 804 g/mol. The van der Waals surface area contributed by atoms with Crippen molar-refractivity contribution in [2.45, 2.75) is 0 Å². The van der Waals surface area contributed by atoms with Gasteiger partial charge in [-0.25, -0.2) is 0 Å². The molecule has 0 unspecified atom stereocenters. The zero-order chi connectivity index (χ0) is 41.7. The molecule has 2 aromatic heterocycles. The molecule has 0 atom stereocenters. The van der Waals surface area contributed by atoms with Gasteiger partial charge in [-0.05, 0) is 94.0 Å². The van der Waals surface area contributed by atoms with Crippen molar-refractivity contribution in [1.82, 2.24) is 4.57 Å². The van der Waals surface area contributed by atoms with Crippen LogP contribution in [0.25, 0.3) is 93.9 Å². The molecule has 296 valence electrons. The number of para-hydroxylation sites is 5. The van der Waals surface area contributed by atoms with Gasteiger partial charge in [-0.2, -0.15) is 0 Å². The van der Waals surface area contributed by atoms with Gasteiger partial charge in [-0.1, -0.05) is 182 Å². The van der Waals surface area contributed by atoms with E-state index in [0.29, 0.717) is 0 Å². The van der Waals surface area contributed by atoms with Crippen LogP contribution in [-0.4, -0.2) is 4.57 Å². The van der Waals surface area contributed by atoms with Crippen molar-refractivity contribution < 1.29 is 4.42 Å². The minimum Gasteiger partial charge on any atom is -0.455 e. The molecule has 0 amide bonds. The summed E-state index contributed by atoms with van der Waals surface area (Å²) in [6.07, 6.45) is 0. The average Bonchev–Trinajstić information content (AvgIpc) is 3.91. The highest BCUT2D eigenvalue weighted by molar-refractivity contribution is 6.11. The Morgan fingerprint density at radius 2 is 0.810 bits per heavy atom. The average molecular weight is 805 g/mol. The van der Waals surface area contributed by atoms with Crippen molar-refractivity contribution in [3.05, 3.63) is 243 Å². The Morgan fingerprint density at radius 1 is 0.302 bits per heavy atom. The number of nitrogens with zero attached hydrogens (tertiary/aromatic N) is 2. The minimum atomic E-state index is 0.901. The molecule has 63 heavy (non-hydrogen) atoms. The highest BCUT2D eigenvalue weighted by atomic mass is 16.3. The fraction of sp³-hybridized carbons (Fsp3) is 0. The lowest BCUT2D eigenvalue weighted by Gasteiger charge is -2.27. The lowest BCUT2D eigenvalue weighted by Crippen LogP contribution is -2.10. The lowest BCUT2D eigenvalue weighted by atomic mass is 9.93. The zero-order valence-electron chi connectivity index (χ0n) is 34.4. The number of hydrogen-bond donors (Lipinski definition) is 0. The highest BCUT2D eigenvalue weighted by Crippen LogP contribution is 2.43.